The summed E-state index contributed by atoms with van der Waals surface area (Å²) in [7, 11) is 0. The lowest BCUT2D eigenvalue weighted by Gasteiger charge is -2.13. The van der Waals surface area contributed by atoms with Crippen LogP contribution >= 0.6 is 0 Å². The Balaban J connectivity index is 3.38. The third-order valence-corrected chi connectivity index (χ3v) is 1.81. The predicted molar refractivity (Wildman–Crippen MR) is 56.0 cm³/mol. The summed E-state index contributed by atoms with van der Waals surface area (Å²) in [6.45, 7) is 1.37. The quantitative estimate of drug-likeness (QED) is 0.841. The van der Waals surface area contributed by atoms with E-state index < -0.39 is 29.3 Å². The first kappa shape index (κ1) is 14.6. The number of aromatic nitrogens is 1. The average molecular weight is 275 g/mol. The van der Waals surface area contributed by atoms with E-state index in [1.54, 1.807) is 0 Å². The average Bonchev–Trinajstić information content (AvgIpc) is 2.25. The highest BCUT2D eigenvalue weighted by Crippen LogP contribution is 2.30. The highest BCUT2D eigenvalue weighted by atomic mass is 19.4. The summed E-state index contributed by atoms with van der Waals surface area (Å²) in [5, 5.41) is 8.77. The van der Waals surface area contributed by atoms with Crippen molar-refractivity contribution in [2.45, 2.75) is 13.3 Å². The van der Waals surface area contributed by atoms with Crippen LogP contribution in [0.5, 0.6) is 5.75 Å². The van der Waals surface area contributed by atoms with Crippen LogP contribution in [0.3, 0.4) is 0 Å². The van der Waals surface area contributed by atoms with Crippen molar-refractivity contribution in [2.24, 2.45) is 0 Å². The zero-order chi connectivity index (χ0) is 14.6. The second kappa shape index (κ2) is 5.43. The maximum atomic E-state index is 12.2. The first-order valence-corrected chi connectivity index (χ1v) is 4.92. The van der Waals surface area contributed by atoms with Crippen molar-refractivity contribution in [1.29, 1.82) is 5.26 Å². The van der Waals surface area contributed by atoms with Gasteiger partial charge in [0, 0.05) is 6.07 Å². The Morgan fingerprint density at radius 3 is 2.68 bits per heavy atom. The monoisotopic (exact) mass is 275 g/mol. The van der Waals surface area contributed by atoms with Crippen molar-refractivity contribution in [1.82, 2.24) is 4.98 Å². The van der Waals surface area contributed by atoms with Crippen molar-refractivity contribution in [2.75, 3.05) is 12.3 Å². The molecule has 0 radical (unpaired) electrons. The van der Waals surface area contributed by atoms with Gasteiger partial charge in [0.1, 0.15) is 17.5 Å². The number of hydrogen-bond acceptors (Lipinski definition) is 6. The molecule has 0 spiro atoms. The summed E-state index contributed by atoms with van der Waals surface area (Å²) in [4.78, 5) is 15.0. The maximum Gasteiger partial charge on any atom is 0.573 e. The number of esters is 1. The number of nitrogen functional groups attached to an aromatic ring is 1. The summed E-state index contributed by atoms with van der Waals surface area (Å²) in [5.74, 6) is -2.45. The van der Waals surface area contributed by atoms with Crippen LogP contribution in [0.25, 0.3) is 0 Å². The van der Waals surface area contributed by atoms with Gasteiger partial charge in [-0.15, -0.1) is 13.2 Å². The summed E-state index contributed by atoms with van der Waals surface area (Å²) in [6.07, 6.45) is -5.04. The molecule has 0 fully saturated rings. The summed E-state index contributed by atoms with van der Waals surface area (Å²) in [6, 6.07) is 2.16. The minimum atomic E-state index is -5.04. The minimum Gasteiger partial charge on any atom is -0.462 e. The lowest BCUT2D eigenvalue weighted by molar-refractivity contribution is -0.274. The maximum absolute atomic E-state index is 12.2. The number of ether oxygens (including phenoxy) is 2. The molecule has 1 aromatic rings. The number of halogens is 3. The van der Waals surface area contributed by atoms with E-state index in [1.807, 2.05) is 0 Å². The number of alkyl halides is 3. The van der Waals surface area contributed by atoms with E-state index in [0.717, 1.165) is 0 Å². The molecule has 0 bridgehead atoms. The van der Waals surface area contributed by atoms with Gasteiger partial charge < -0.3 is 15.2 Å². The molecule has 0 unspecified atom stereocenters. The van der Waals surface area contributed by atoms with Gasteiger partial charge in [-0.3, -0.25) is 0 Å². The van der Waals surface area contributed by atoms with E-state index in [4.69, 9.17) is 11.0 Å². The number of anilines is 1. The number of carbonyl (C=O) groups excluding carboxylic acids is 1. The third-order valence-electron chi connectivity index (χ3n) is 1.81. The molecule has 1 rings (SSSR count). The lowest BCUT2D eigenvalue weighted by atomic mass is 10.2. The standard InChI is InChI=1S/C10H8F3N3O3/c1-2-18-9(17)8-5(4-14)16-7(15)3-6(8)19-10(11,12)13/h3H,2H2,1H3,(H2,15,16). The van der Waals surface area contributed by atoms with Gasteiger partial charge in [0.2, 0.25) is 0 Å². The minimum absolute atomic E-state index is 0.0838. The molecule has 0 saturated heterocycles. The molecule has 6 nitrogen and oxygen atoms in total. The van der Waals surface area contributed by atoms with Gasteiger partial charge in [-0.2, -0.15) is 5.26 Å². The molecule has 1 heterocycles. The Labute approximate surface area is 105 Å². The van der Waals surface area contributed by atoms with Gasteiger partial charge in [-0.25, -0.2) is 9.78 Å². The summed E-state index contributed by atoms with van der Waals surface area (Å²) < 4.78 is 44.9. The van der Waals surface area contributed by atoms with E-state index in [1.165, 1.54) is 13.0 Å². The normalized spacial score (nSPS) is 10.7. The van der Waals surface area contributed by atoms with E-state index in [2.05, 4.69) is 14.5 Å². The Bertz CT molecular complexity index is 537. The Kier molecular flexibility index (Phi) is 4.16. The van der Waals surface area contributed by atoms with Crippen LogP contribution < -0.4 is 10.5 Å². The van der Waals surface area contributed by atoms with Gasteiger partial charge in [0.15, 0.2) is 11.4 Å². The van der Waals surface area contributed by atoms with Crippen LogP contribution in [0, 0.1) is 11.3 Å². The summed E-state index contributed by atoms with van der Waals surface area (Å²) >= 11 is 0. The van der Waals surface area contributed by atoms with Crippen molar-refractivity contribution in [3.05, 3.63) is 17.3 Å². The third kappa shape index (κ3) is 3.74. The van der Waals surface area contributed by atoms with Gasteiger partial charge in [-0.1, -0.05) is 0 Å². The zero-order valence-electron chi connectivity index (χ0n) is 9.61. The second-order valence-electron chi connectivity index (χ2n) is 3.15. The van der Waals surface area contributed by atoms with Gasteiger partial charge in [0.25, 0.3) is 0 Å². The molecule has 0 atom stereocenters. The van der Waals surface area contributed by atoms with Crippen LogP contribution in [0.1, 0.15) is 23.0 Å². The largest absolute Gasteiger partial charge is 0.573 e. The van der Waals surface area contributed by atoms with Crippen molar-refractivity contribution in [3.63, 3.8) is 0 Å². The van der Waals surface area contributed by atoms with E-state index >= 15 is 0 Å². The number of nitrogens with two attached hydrogens (primary N) is 1. The lowest BCUT2D eigenvalue weighted by Crippen LogP contribution is -2.21. The van der Waals surface area contributed by atoms with Gasteiger partial charge >= 0.3 is 12.3 Å². The molecule has 0 aromatic carbocycles. The molecule has 19 heavy (non-hydrogen) atoms. The van der Waals surface area contributed by atoms with Crippen LogP contribution in [-0.2, 0) is 4.74 Å². The number of nitriles is 1. The summed E-state index contributed by atoms with van der Waals surface area (Å²) in [5.41, 5.74) is 3.92. The number of nitrogens with zero attached hydrogens (tertiary/aromatic N) is 2. The molecule has 0 aliphatic rings. The molecule has 9 heteroatoms. The predicted octanol–water partition coefficient (Wildman–Crippen LogP) is 1.61. The van der Waals surface area contributed by atoms with E-state index in [0.29, 0.717) is 6.07 Å². The van der Waals surface area contributed by atoms with Gasteiger partial charge in [0.05, 0.1) is 6.61 Å². The fourth-order valence-electron chi connectivity index (χ4n) is 1.23. The van der Waals surface area contributed by atoms with E-state index in [9.17, 15) is 18.0 Å². The smallest absolute Gasteiger partial charge is 0.462 e. The second-order valence-corrected chi connectivity index (χ2v) is 3.15. The Morgan fingerprint density at radius 1 is 1.58 bits per heavy atom. The molecular weight excluding hydrogens is 267 g/mol. The number of pyridine rings is 1. The first-order valence-electron chi connectivity index (χ1n) is 4.92. The SMILES string of the molecule is CCOC(=O)c1c(OC(F)(F)F)cc(N)nc1C#N. The molecule has 0 saturated carbocycles. The molecule has 0 aliphatic carbocycles. The highest BCUT2D eigenvalue weighted by Gasteiger charge is 2.34. The molecule has 102 valence electrons. The Hall–Kier alpha value is -2.50. The van der Waals surface area contributed by atoms with E-state index in [-0.39, 0.29) is 12.4 Å². The molecule has 0 aliphatic heterocycles. The number of rotatable bonds is 3. The zero-order valence-corrected chi connectivity index (χ0v) is 9.61. The van der Waals surface area contributed by atoms with Crippen molar-refractivity contribution >= 4 is 11.8 Å². The van der Waals surface area contributed by atoms with Crippen LogP contribution in [0.2, 0.25) is 0 Å². The Morgan fingerprint density at radius 2 is 2.21 bits per heavy atom. The van der Waals surface area contributed by atoms with Crippen LogP contribution in [0.4, 0.5) is 19.0 Å². The van der Waals surface area contributed by atoms with Crippen molar-refractivity contribution in [3.8, 4) is 11.8 Å². The fraction of sp³-hybridized carbons (Fsp3) is 0.300. The van der Waals surface area contributed by atoms with Crippen LogP contribution in [-0.4, -0.2) is 23.9 Å². The van der Waals surface area contributed by atoms with Crippen molar-refractivity contribution < 1.29 is 27.4 Å². The number of carbonyl (C=O) groups is 1. The van der Waals surface area contributed by atoms with Gasteiger partial charge in [-0.05, 0) is 6.92 Å². The molecule has 0 amide bonds. The van der Waals surface area contributed by atoms with Crippen LogP contribution in [0.15, 0.2) is 6.07 Å². The topological polar surface area (TPSA) is 98.2 Å². The fourth-order valence-corrected chi connectivity index (χ4v) is 1.23. The number of hydrogen-bond donors (Lipinski definition) is 1. The highest BCUT2D eigenvalue weighted by molar-refractivity contribution is 5.95. The molecule has 2 N–H and O–H groups in total. The first-order chi connectivity index (χ1) is 8.78. The molecular formula is C10H8F3N3O3. The molecule has 1 aromatic heterocycles.